The molecule has 2 heterocycles. The fourth-order valence-electron chi connectivity index (χ4n) is 2.98. The third-order valence-corrected chi connectivity index (χ3v) is 5.00. The van der Waals surface area contributed by atoms with Crippen molar-refractivity contribution in [3.05, 3.63) is 47.7 Å². The number of morpholine rings is 1. The maximum absolute atomic E-state index is 12.3. The average molecular weight is 455 g/mol. The lowest BCUT2D eigenvalue weighted by molar-refractivity contribution is -0.123. The van der Waals surface area contributed by atoms with E-state index in [2.05, 4.69) is 31.0 Å². The Balaban J connectivity index is 1.40. The van der Waals surface area contributed by atoms with Crippen molar-refractivity contribution in [2.45, 2.75) is 20.8 Å². The van der Waals surface area contributed by atoms with Crippen LogP contribution in [0.2, 0.25) is 0 Å². The SMILES string of the molecule is CC(C)(C)C(=O)Nc1ccc(C(=O)NCCNC(=O)c2ccc(N3CCOCC3)nn2)cc1. The van der Waals surface area contributed by atoms with E-state index < -0.39 is 5.41 Å². The van der Waals surface area contributed by atoms with Gasteiger partial charge in [-0.05, 0) is 36.4 Å². The van der Waals surface area contributed by atoms with Crippen molar-refractivity contribution >= 4 is 29.2 Å². The van der Waals surface area contributed by atoms with E-state index in [1.807, 2.05) is 20.8 Å². The van der Waals surface area contributed by atoms with Gasteiger partial charge in [0.2, 0.25) is 5.91 Å². The molecule has 2 aromatic rings. The van der Waals surface area contributed by atoms with Crippen LogP contribution in [0.1, 0.15) is 41.6 Å². The number of ether oxygens (including phenoxy) is 1. The zero-order chi connectivity index (χ0) is 23.8. The molecule has 0 radical (unpaired) electrons. The summed E-state index contributed by atoms with van der Waals surface area (Å²) >= 11 is 0. The standard InChI is InChI=1S/C23H30N6O4/c1-23(2,3)22(32)26-17-6-4-16(5-7-17)20(30)24-10-11-25-21(31)18-8-9-19(28-27-18)29-12-14-33-15-13-29/h4-9H,10-15H2,1-3H3,(H,24,30)(H,25,31)(H,26,32). The summed E-state index contributed by atoms with van der Waals surface area (Å²) in [4.78, 5) is 38.6. The molecule has 1 fully saturated rings. The Hall–Kier alpha value is -3.53. The molecule has 33 heavy (non-hydrogen) atoms. The van der Waals surface area contributed by atoms with Crippen molar-refractivity contribution in [3.63, 3.8) is 0 Å². The predicted molar refractivity (Wildman–Crippen MR) is 124 cm³/mol. The molecule has 1 aromatic heterocycles. The molecular formula is C23H30N6O4. The summed E-state index contributed by atoms with van der Waals surface area (Å²) in [5.74, 6) is -0.0150. The number of anilines is 2. The third-order valence-electron chi connectivity index (χ3n) is 5.00. The fraction of sp³-hybridized carbons (Fsp3) is 0.435. The van der Waals surface area contributed by atoms with E-state index in [4.69, 9.17) is 4.74 Å². The lowest BCUT2D eigenvalue weighted by Crippen LogP contribution is -2.37. The first kappa shape index (κ1) is 24.1. The van der Waals surface area contributed by atoms with Gasteiger partial charge in [0.05, 0.1) is 13.2 Å². The molecule has 1 saturated heterocycles. The molecule has 3 amide bonds. The van der Waals surface area contributed by atoms with Crippen LogP contribution in [-0.2, 0) is 9.53 Å². The van der Waals surface area contributed by atoms with Gasteiger partial charge in [-0.2, -0.15) is 0 Å². The minimum Gasteiger partial charge on any atom is -0.378 e. The molecule has 0 aliphatic carbocycles. The van der Waals surface area contributed by atoms with E-state index in [0.29, 0.717) is 30.3 Å². The molecule has 1 aliphatic heterocycles. The van der Waals surface area contributed by atoms with Crippen LogP contribution in [0, 0.1) is 5.41 Å². The summed E-state index contributed by atoms with van der Waals surface area (Å²) in [7, 11) is 0. The van der Waals surface area contributed by atoms with E-state index in [1.54, 1.807) is 36.4 Å². The summed E-state index contributed by atoms with van der Waals surface area (Å²) < 4.78 is 5.31. The molecule has 1 aliphatic rings. The minimum absolute atomic E-state index is 0.101. The zero-order valence-electron chi connectivity index (χ0n) is 19.2. The zero-order valence-corrected chi connectivity index (χ0v) is 19.2. The number of benzene rings is 1. The van der Waals surface area contributed by atoms with Gasteiger partial charge in [-0.25, -0.2) is 0 Å². The second kappa shape index (κ2) is 10.9. The molecule has 10 heteroatoms. The van der Waals surface area contributed by atoms with Crippen LogP contribution in [0.15, 0.2) is 36.4 Å². The van der Waals surface area contributed by atoms with Crippen LogP contribution in [0.4, 0.5) is 11.5 Å². The van der Waals surface area contributed by atoms with Gasteiger partial charge >= 0.3 is 0 Å². The number of nitrogens with zero attached hydrogens (tertiary/aromatic N) is 3. The summed E-state index contributed by atoms with van der Waals surface area (Å²) in [5, 5.41) is 16.4. The second-order valence-corrected chi connectivity index (χ2v) is 8.67. The molecule has 176 valence electrons. The first-order valence-corrected chi connectivity index (χ1v) is 10.9. The molecule has 0 saturated carbocycles. The molecule has 3 N–H and O–H groups in total. The molecule has 1 aromatic carbocycles. The number of rotatable bonds is 7. The summed E-state index contributed by atoms with van der Waals surface area (Å²) in [6.07, 6.45) is 0. The van der Waals surface area contributed by atoms with E-state index >= 15 is 0 Å². The van der Waals surface area contributed by atoms with Crippen molar-refractivity contribution in [1.82, 2.24) is 20.8 Å². The van der Waals surface area contributed by atoms with Crippen LogP contribution < -0.4 is 20.9 Å². The monoisotopic (exact) mass is 454 g/mol. The highest BCUT2D eigenvalue weighted by Crippen LogP contribution is 2.17. The number of amides is 3. The molecule has 0 spiro atoms. The van der Waals surface area contributed by atoms with Crippen LogP contribution in [-0.4, -0.2) is 67.3 Å². The highest BCUT2D eigenvalue weighted by molar-refractivity contribution is 5.97. The quantitative estimate of drug-likeness (QED) is 0.541. The Morgan fingerprint density at radius 1 is 0.909 bits per heavy atom. The third kappa shape index (κ3) is 6.98. The Kier molecular flexibility index (Phi) is 7.94. The van der Waals surface area contributed by atoms with E-state index in [9.17, 15) is 14.4 Å². The molecule has 0 unspecified atom stereocenters. The molecular weight excluding hydrogens is 424 g/mol. The Morgan fingerprint density at radius 3 is 2.12 bits per heavy atom. The molecule has 10 nitrogen and oxygen atoms in total. The van der Waals surface area contributed by atoms with Crippen molar-refractivity contribution in [3.8, 4) is 0 Å². The first-order chi connectivity index (χ1) is 15.7. The maximum atomic E-state index is 12.3. The van der Waals surface area contributed by atoms with Crippen LogP contribution in [0.5, 0.6) is 0 Å². The minimum atomic E-state index is -0.503. The molecule has 3 rings (SSSR count). The maximum Gasteiger partial charge on any atom is 0.271 e. The molecule has 0 bridgehead atoms. The van der Waals surface area contributed by atoms with Gasteiger partial charge in [0.25, 0.3) is 11.8 Å². The first-order valence-electron chi connectivity index (χ1n) is 10.9. The normalized spacial score (nSPS) is 13.8. The van der Waals surface area contributed by atoms with Crippen LogP contribution in [0.25, 0.3) is 0 Å². The van der Waals surface area contributed by atoms with Gasteiger partial charge in [0, 0.05) is 42.8 Å². The topological polar surface area (TPSA) is 126 Å². The second-order valence-electron chi connectivity index (χ2n) is 8.67. The van der Waals surface area contributed by atoms with Crippen molar-refractivity contribution in [2.24, 2.45) is 5.41 Å². The predicted octanol–water partition coefficient (Wildman–Crippen LogP) is 1.46. The van der Waals surface area contributed by atoms with Crippen molar-refractivity contribution in [2.75, 3.05) is 49.6 Å². The van der Waals surface area contributed by atoms with Gasteiger partial charge < -0.3 is 25.6 Å². The Morgan fingerprint density at radius 2 is 1.55 bits per heavy atom. The lowest BCUT2D eigenvalue weighted by Gasteiger charge is -2.27. The van der Waals surface area contributed by atoms with Gasteiger partial charge in [0.1, 0.15) is 0 Å². The summed E-state index contributed by atoms with van der Waals surface area (Å²) in [6.45, 7) is 8.77. The van der Waals surface area contributed by atoms with Crippen LogP contribution >= 0.6 is 0 Å². The number of aromatic nitrogens is 2. The van der Waals surface area contributed by atoms with Crippen molar-refractivity contribution < 1.29 is 19.1 Å². The lowest BCUT2D eigenvalue weighted by atomic mass is 9.95. The number of hydrogen-bond donors (Lipinski definition) is 3. The highest BCUT2D eigenvalue weighted by Gasteiger charge is 2.21. The van der Waals surface area contributed by atoms with Gasteiger partial charge in [0.15, 0.2) is 11.5 Å². The van der Waals surface area contributed by atoms with E-state index in [-0.39, 0.29) is 36.5 Å². The highest BCUT2D eigenvalue weighted by atomic mass is 16.5. The molecule has 0 atom stereocenters. The van der Waals surface area contributed by atoms with Crippen molar-refractivity contribution in [1.29, 1.82) is 0 Å². The van der Waals surface area contributed by atoms with E-state index in [0.717, 1.165) is 13.1 Å². The van der Waals surface area contributed by atoms with E-state index in [1.165, 1.54) is 0 Å². The summed E-state index contributed by atoms with van der Waals surface area (Å²) in [6, 6.07) is 10.0. The van der Waals surface area contributed by atoms with Gasteiger partial charge in [-0.3, -0.25) is 14.4 Å². The summed E-state index contributed by atoms with van der Waals surface area (Å²) in [5.41, 5.74) is 0.794. The number of hydrogen-bond acceptors (Lipinski definition) is 7. The number of carbonyl (C=O) groups excluding carboxylic acids is 3. The van der Waals surface area contributed by atoms with Crippen LogP contribution in [0.3, 0.4) is 0 Å². The van der Waals surface area contributed by atoms with Gasteiger partial charge in [-0.1, -0.05) is 20.8 Å². The Labute approximate surface area is 193 Å². The largest absolute Gasteiger partial charge is 0.378 e. The average Bonchev–Trinajstić information content (AvgIpc) is 2.82. The Bertz CT molecular complexity index is 964. The number of carbonyl (C=O) groups is 3. The number of nitrogens with one attached hydrogen (secondary N) is 3. The van der Waals surface area contributed by atoms with Gasteiger partial charge in [-0.15, -0.1) is 10.2 Å². The fourth-order valence-corrected chi connectivity index (χ4v) is 2.98. The smallest absolute Gasteiger partial charge is 0.271 e.